The highest BCUT2D eigenvalue weighted by atomic mass is 32.2. The number of imidazole rings is 1. The molecule has 0 spiro atoms. The molecule has 5 nitrogen and oxygen atoms in total. The lowest BCUT2D eigenvalue weighted by Crippen LogP contribution is -2.39. The van der Waals surface area contributed by atoms with E-state index in [1.54, 1.807) is 6.20 Å². The molecule has 1 aliphatic rings. The molecular weight excluding hydrogens is 274 g/mol. The predicted molar refractivity (Wildman–Crippen MR) is 76.6 cm³/mol. The molecule has 6 heteroatoms. The van der Waals surface area contributed by atoms with Crippen molar-refractivity contribution >= 4 is 10.0 Å². The Hall–Kier alpha value is -1.66. The minimum atomic E-state index is -3.22. The van der Waals surface area contributed by atoms with Crippen molar-refractivity contribution in [1.82, 2.24) is 13.9 Å². The molecule has 20 heavy (non-hydrogen) atoms. The van der Waals surface area contributed by atoms with Gasteiger partial charge in [0, 0.05) is 25.5 Å². The van der Waals surface area contributed by atoms with Gasteiger partial charge >= 0.3 is 0 Å². The lowest BCUT2D eigenvalue weighted by atomic mass is 10.2. The van der Waals surface area contributed by atoms with Crippen LogP contribution in [0.15, 0.2) is 42.7 Å². The molecule has 3 rings (SSSR count). The van der Waals surface area contributed by atoms with Crippen LogP contribution in [0.5, 0.6) is 0 Å². The summed E-state index contributed by atoms with van der Waals surface area (Å²) in [5.41, 5.74) is 1.05. The summed E-state index contributed by atoms with van der Waals surface area (Å²) in [6, 6.07) is 9.71. The Labute approximate surface area is 118 Å². The molecule has 0 atom stereocenters. The first-order chi connectivity index (χ1) is 9.65. The SMILES string of the molecule is O=S(=O)(CCc1ccccc1)N1CCn2ccnc2C1. The van der Waals surface area contributed by atoms with E-state index in [0.29, 0.717) is 26.1 Å². The summed E-state index contributed by atoms with van der Waals surface area (Å²) < 4.78 is 28.3. The first kappa shape index (κ1) is 13.3. The molecule has 106 valence electrons. The standard InChI is InChI=1S/C14H17N3O2S/c18-20(19,11-6-13-4-2-1-3-5-13)17-10-9-16-8-7-15-14(16)12-17/h1-5,7-8H,6,9-12H2. The molecular formula is C14H17N3O2S. The van der Waals surface area contributed by atoms with Gasteiger partial charge in [-0.25, -0.2) is 13.4 Å². The lowest BCUT2D eigenvalue weighted by Gasteiger charge is -2.26. The Morgan fingerprint density at radius 2 is 1.95 bits per heavy atom. The first-order valence-electron chi connectivity index (χ1n) is 6.67. The van der Waals surface area contributed by atoms with Crippen LogP contribution in [0.3, 0.4) is 0 Å². The van der Waals surface area contributed by atoms with Gasteiger partial charge in [0.2, 0.25) is 10.0 Å². The van der Waals surface area contributed by atoms with E-state index in [0.717, 1.165) is 11.4 Å². The van der Waals surface area contributed by atoms with Gasteiger partial charge in [0.1, 0.15) is 5.82 Å². The van der Waals surface area contributed by atoms with E-state index >= 15 is 0 Å². The topological polar surface area (TPSA) is 55.2 Å². The van der Waals surface area contributed by atoms with Gasteiger partial charge in [0.25, 0.3) is 0 Å². The van der Waals surface area contributed by atoms with Crippen LogP contribution < -0.4 is 0 Å². The van der Waals surface area contributed by atoms with Crippen LogP contribution in [0.2, 0.25) is 0 Å². The number of hydrogen-bond donors (Lipinski definition) is 0. The molecule has 0 aliphatic carbocycles. The molecule has 0 fully saturated rings. The Morgan fingerprint density at radius 1 is 1.15 bits per heavy atom. The van der Waals surface area contributed by atoms with Crippen molar-refractivity contribution in [2.45, 2.75) is 19.5 Å². The molecule has 1 aromatic carbocycles. The van der Waals surface area contributed by atoms with Gasteiger partial charge in [-0.1, -0.05) is 30.3 Å². The fourth-order valence-electron chi connectivity index (χ4n) is 2.41. The van der Waals surface area contributed by atoms with Crippen LogP contribution in [0, 0.1) is 0 Å². The summed E-state index contributed by atoms with van der Waals surface area (Å²) in [6.07, 6.45) is 4.16. The van der Waals surface area contributed by atoms with E-state index < -0.39 is 10.0 Å². The van der Waals surface area contributed by atoms with Gasteiger partial charge < -0.3 is 4.57 Å². The zero-order valence-corrected chi connectivity index (χ0v) is 12.0. The van der Waals surface area contributed by atoms with Crippen LogP contribution in [0.4, 0.5) is 0 Å². The largest absolute Gasteiger partial charge is 0.333 e. The van der Waals surface area contributed by atoms with Crippen molar-refractivity contribution in [3.05, 3.63) is 54.1 Å². The monoisotopic (exact) mass is 291 g/mol. The van der Waals surface area contributed by atoms with Crippen LogP contribution in [-0.4, -0.2) is 34.6 Å². The molecule has 2 aromatic rings. The number of aromatic nitrogens is 2. The fourth-order valence-corrected chi connectivity index (χ4v) is 3.83. The molecule has 0 saturated heterocycles. The van der Waals surface area contributed by atoms with E-state index in [1.807, 2.05) is 41.1 Å². The summed E-state index contributed by atoms with van der Waals surface area (Å²) in [5.74, 6) is 0.970. The molecule has 1 aromatic heterocycles. The number of rotatable bonds is 4. The van der Waals surface area contributed by atoms with Crippen LogP contribution in [0.25, 0.3) is 0 Å². The summed E-state index contributed by atoms with van der Waals surface area (Å²) in [5, 5.41) is 0. The smallest absolute Gasteiger partial charge is 0.214 e. The zero-order valence-electron chi connectivity index (χ0n) is 11.1. The Morgan fingerprint density at radius 3 is 2.75 bits per heavy atom. The van der Waals surface area contributed by atoms with Gasteiger partial charge in [-0.3, -0.25) is 0 Å². The Bertz CT molecular complexity index is 679. The highest BCUT2D eigenvalue weighted by Crippen LogP contribution is 2.15. The van der Waals surface area contributed by atoms with Crippen molar-refractivity contribution < 1.29 is 8.42 Å². The number of aryl methyl sites for hydroxylation is 1. The summed E-state index contributed by atoms with van der Waals surface area (Å²) >= 11 is 0. The Kier molecular flexibility index (Phi) is 3.58. The highest BCUT2D eigenvalue weighted by molar-refractivity contribution is 7.89. The Balaban J connectivity index is 1.67. The highest BCUT2D eigenvalue weighted by Gasteiger charge is 2.26. The van der Waals surface area contributed by atoms with Crippen LogP contribution in [0.1, 0.15) is 11.4 Å². The quantitative estimate of drug-likeness (QED) is 0.852. The van der Waals surface area contributed by atoms with Crippen molar-refractivity contribution in [2.75, 3.05) is 12.3 Å². The molecule has 0 unspecified atom stereocenters. The van der Waals surface area contributed by atoms with Gasteiger partial charge in [-0.2, -0.15) is 4.31 Å². The maximum atomic E-state index is 12.4. The number of sulfonamides is 1. The van der Waals surface area contributed by atoms with Gasteiger partial charge in [0.05, 0.1) is 12.3 Å². The second-order valence-corrected chi connectivity index (χ2v) is 7.01. The molecule has 0 bridgehead atoms. The lowest BCUT2D eigenvalue weighted by molar-refractivity contribution is 0.335. The average molecular weight is 291 g/mol. The fraction of sp³-hybridized carbons (Fsp3) is 0.357. The van der Waals surface area contributed by atoms with Crippen molar-refractivity contribution in [2.24, 2.45) is 0 Å². The molecule has 2 heterocycles. The van der Waals surface area contributed by atoms with Crippen molar-refractivity contribution in [3.8, 4) is 0 Å². The summed E-state index contributed by atoms with van der Waals surface area (Å²) in [7, 11) is -3.22. The van der Waals surface area contributed by atoms with E-state index in [-0.39, 0.29) is 5.75 Å². The van der Waals surface area contributed by atoms with E-state index in [9.17, 15) is 8.42 Å². The van der Waals surface area contributed by atoms with E-state index in [1.165, 1.54) is 4.31 Å². The van der Waals surface area contributed by atoms with Gasteiger partial charge in [0.15, 0.2) is 0 Å². The zero-order chi connectivity index (χ0) is 14.0. The maximum absolute atomic E-state index is 12.4. The minimum Gasteiger partial charge on any atom is -0.333 e. The normalized spacial score (nSPS) is 16.0. The summed E-state index contributed by atoms with van der Waals surface area (Å²) in [6.45, 7) is 1.59. The maximum Gasteiger partial charge on any atom is 0.214 e. The van der Waals surface area contributed by atoms with Crippen LogP contribution >= 0.6 is 0 Å². The third-order valence-corrected chi connectivity index (χ3v) is 5.41. The number of benzene rings is 1. The number of hydrogen-bond acceptors (Lipinski definition) is 3. The molecule has 0 radical (unpaired) electrons. The van der Waals surface area contributed by atoms with E-state index in [4.69, 9.17) is 0 Å². The van der Waals surface area contributed by atoms with Crippen molar-refractivity contribution in [1.29, 1.82) is 0 Å². The second-order valence-electron chi connectivity index (χ2n) is 4.92. The third kappa shape index (κ3) is 2.76. The minimum absolute atomic E-state index is 0.151. The molecule has 0 amide bonds. The van der Waals surface area contributed by atoms with Crippen LogP contribution in [-0.2, 0) is 29.5 Å². The second kappa shape index (κ2) is 5.38. The number of nitrogens with zero attached hydrogens (tertiary/aromatic N) is 3. The molecule has 0 N–H and O–H groups in total. The first-order valence-corrected chi connectivity index (χ1v) is 8.28. The van der Waals surface area contributed by atoms with Gasteiger partial charge in [-0.15, -0.1) is 0 Å². The third-order valence-electron chi connectivity index (χ3n) is 3.59. The predicted octanol–water partition coefficient (Wildman–Crippen LogP) is 1.27. The van der Waals surface area contributed by atoms with Gasteiger partial charge in [-0.05, 0) is 12.0 Å². The average Bonchev–Trinajstić information content (AvgIpc) is 2.94. The number of fused-ring (bicyclic) bond motifs is 1. The molecule has 1 aliphatic heterocycles. The van der Waals surface area contributed by atoms with E-state index in [2.05, 4.69) is 4.98 Å². The van der Waals surface area contributed by atoms with Crippen molar-refractivity contribution in [3.63, 3.8) is 0 Å². The summed E-state index contributed by atoms with van der Waals surface area (Å²) in [4.78, 5) is 4.20. The molecule has 0 saturated carbocycles.